The molecule has 0 heterocycles. The lowest BCUT2D eigenvalue weighted by molar-refractivity contribution is -0.189. The number of hydrogen-bond acceptors (Lipinski definition) is 1. The molecule has 187 valence electrons. The Bertz CT molecular complexity index is 1180. The van der Waals surface area contributed by atoms with Crippen LogP contribution in [0.2, 0.25) is 0 Å². The lowest BCUT2D eigenvalue weighted by atomic mass is 9.96. The standard InChI is InChI=1S/C27H25F6O2/c1-3-5-7-16-9-12-18(13-10-16)35-27(32,33)23-20(28)15-21(34)22(26(23)31)19-14-11-17(8-6-4-2)24(29)25(19)30/h9-15H,3-8H2,1-2H3. The maximum absolute atomic E-state index is 15.2. The van der Waals surface area contributed by atoms with Gasteiger partial charge in [-0.3, -0.25) is 5.11 Å². The molecule has 2 nitrogen and oxygen atoms in total. The summed E-state index contributed by atoms with van der Waals surface area (Å²) in [5.41, 5.74) is -3.06. The molecule has 0 amide bonds. The van der Waals surface area contributed by atoms with Crippen molar-refractivity contribution in [2.75, 3.05) is 0 Å². The number of aryl methyl sites for hydroxylation is 2. The second kappa shape index (κ2) is 11.1. The van der Waals surface area contributed by atoms with Crippen LogP contribution in [-0.2, 0) is 24.1 Å². The van der Waals surface area contributed by atoms with E-state index in [9.17, 15) is 27.1 Å². The monoisotopic (exact) mass is 495 g/mol. The van der Waals surface area contributed by atoms with Crippen LogP contribution in [0.4, 0.5) is 26.3 Å². The molecule has 0 bridgehead atoms. The third kappa shape index (κ3) is 5.74. The first-order chi connectivity index (χ1) is 16.6. The van der Waals surface area contributed by atoms with Crippen molar-refractivity contribution >= 4 is 0 Å². The fourth-order valence-electron chi connectivity index (χ4n) is 3.76. The first kappa shape index (κ1) is 26.4. The van der Waals surface area contributed by atoms with E-state index in [4.69, 9.17) is 0 Å². The summed E-state index contributed by atoms with van der Waals surface area (Å²) in [5.74, 6) is -8.52. The minimum atomic E-state index is -4.54. The van der Waals surface area contributed by atoms with E-state index in [0.29, 0.717) is 12.8 Å². The summed E-state index contributed by atoms with van der Waals surface area (Å²) in [4.78, 5) is 0. The molecule has 0 saturated heterocycles. The predicted octanol–water partition coefficient (Wildman–Crippen LogP) is 8.87. The molecule has 0 aromatic heterocycles. The molecule has 0 saturated carbocycles. The molecule has 3 aromatic rings. The summed E-state index contributed by atoms with van der Waals surface area (Å²) in [6, 6.07) is 7.78. The summed E-state index contributed by atoms with van der Waals surface area (Å²) in [7, 11) is 0. The van der Waals surface area contributed by atoms with Crippen LogP contribution in [0.15, 0.2) is 42.5 Å². The molecule has 35 heavy (non-hydrogen) atoms. The Hall–Kier alpha value is -3.16. The van der Waals surface area contributed by atoms with Gasteiger partial charge in [-0.05, 0) is 48.9 Å². The van der Waals surface area contributed by atoms with E-state index >= 15 is 4.39 Å². The molecule has 8 heteroatoms. The van der Waals surface area contributed by atoms with E-state index in [2.05, 4.69) is 4.74 Å². The summed E-state index contributed by atoms with van der Waals surface area (Å²) in [5, 5.41) is 12.3. The minimum absolute atomic E-state index is 0.000612. The highest BCUT2D eigenvalue weighted by Gasteiger charge is 2.43. The van der Waals surface area contributed by atoms with Crippen molar-refractivity contribution in [1.82, 2.24) is 0 Å². The van der Waals surface area contributed by atoms with Crippen LogP contribution < -0.4 is 4.74 Å². The molecule has 0 aliphatic heterocycles. The second-order valence-electron chi connectivity index (χ2n) is 8.29. The topological polar surface area (TPSA) is 29.1 Å². The number of ether oxygens (including phenoxy) is 1. The number of halogens is 6. The Balaban J connectivity index is 2.01. The molecular formula is C27H25F6O2. The molecule has 0 unspecified atom stereocenters. The van der Waals surface area contributed by atoms with Gasteiger partial charge in [0.25, 0.3) is 0 Å². The van der Waals surface area contributed by atoms with Gasteiger partial charge in [0.1, 0.15) is 17.1 Å². The van der Waals surface area contributed by atoms with Gasteiger partial charge in [-0.15, -0.1) is 0 Å². The van der Waals surface area contributed by atoms with Gasteiger partial charge in [-0.1, -0.05) is 51.0 Å². The van der Waals surface area contributed by atoms with Crippen molar-refractivity contribution < 1.29 is 36.2 Å². The molecular weight excluding hydrogens is 470 g/mol. The fraction of sp³-hybridized carbons (Fsp3) is 0.333. The quantitative estimate of drug-likeness (QED) is 0.258. The lowest BCUT2D eigenvalue weighted by Crippen LogP contribution is -2.25. The SMILES string of the molecule is CCCCc1ccc(OC(F)(F)c2c(F)cc([O])c(-c3ccc(CCCC)c(F)c3F)c2F)cc1. The van der Waals surface area contributed by atoms with Crippen molar-refractivity contribution in [3.63, 3.8) is 0 Å². The minimum Gasteiger partial charge on any atom is -0.429 e. The second-order valence-corrected chi connectivity index (χ2v) is 8.29. The van der Waals surface area contributed by atoms with Crippen molar-refractivity contribution in [2.24, 2.45) is 0 Å². The first-order valence-electron chi connectivity index (χ1n) is 11.4. The zero-order valence-electron chi connectivity index (χ0n) is 19.4. The largest absolute Gasteiger partial charge is 0.432 e. The summed E-state index contributed by atoms with van der Waals surface area (Å²) < 4.78 is 93.3. The Kier molecular flexibility index (Phi) is 8.35. The molecule has 0 atom stereocenters. The molecule has 0 N–H and O–H groups in total. The average Bonchev–Trinajstić information content (AvgIpc) is 2.80. The molecule has 0 spiro atoms. The smallest absolute Gasteiger partial charge is 0.429 e. The maximum Gasteiger partial charge on any atom is 0.432 e. The van der Waals surface area contributed by atoms with Gasteiger partial charge in [0.2, 0.25) is 0 Å². The maximum atomic E-state index is 15.2. The fourth-order valence-corrected chi connectivity index (χ4v) is 3.76. The van der Waals surface area contributed by atoms with Crippen LogP contribution in [0, 0.1) is 23.3 Å². The average molecular weight is 495 g/mol. The van der Waals surface area contributed by atoms with Crippen molar-refractivity contribution in [2.45, 2.75) is 58.5 Å². The van der Waals surface area contributed by atoms with E-state index in [1.165, 1.54) is 12.1 Å². The predicted molar refractivity (Wildman–Crippen MR) is 120 cm³/mol. The molecule has 3 rings (SSSR count). The number of rotatable bonds is 10. The highest BCUT2D eigenvalue weighted by atomic mass is 19.3. The Labute approximate surface area is 200 Å². The zero-order valence-corrected chi connectivity index (χ0v) is 19.4. The van der Waals surface area contributed by atoms with Crippen molar-refractivity contribution in [3.05, 3.63) is 82.4 Å². The van der Waals surface area contributed by atoms with Gasteiger partial charge in [0.15, 0.2) is 23.2 Å². The van der Waals surface area contributed by atoms with Gasteiger partial charge < -0.3 is 4.74 Å². The normalized spacial score (nSPS) is 11.7. The highest BCUT2D eigenvalue weighted by molar-refractivity contribution is 5.73. The Morgan fingerprint density at radius 2 is 1.43 bits per heavy atom. The number of benzene rings is 3. The van der Waals surface area contributed by atoms with Crippen LogP contribution in [-0.4, -0.2) is 0 Å². The first-order valence-corrected chi connectivity index (χ1v) is 11.4. The van der Waals surface area contributed by atoms with Crippen LogP contribution in [0.1, 0.15) is 56.2 Å². The van der Waals surface area contributed by atoms with E-state index in [0.717, 1.165) is 37.0 Å². The lowest BCUT2D eigenvalue weighted by Gasteiger charge is -2.21. The van der Waals surface area contributed by atoms with Crippen LogP contribution in [0.5, 0.6) is 11.5 Å². The van der Waals surface area contributed by atoms with Crippen LogP contribution in [0.25, 0.3) is 11.1 Å². The van der Waals surface area contributed by atoms with Gasteiger partial charge in [0, 0.05) is 11.6 Å². The van der Waals surface area contributed by atoms with Gasteiger partial charge in [-0.25, -0.2) is 17.6 Å². The van der Waals surface area contributed by atoms with Crippen LogP contribution in [0.3, 0.4) is 0 Å². The summed E-state index contributed by atoms with van der Waals surface area (Å²) in [6.45, 7) is 3.86. The summed E-state index contributed by atoms with van der Waals surface area (Å²) >= 11 is 0. The summed E-state index contributed by atoms with van der Waals surface area (Å²) in [6.07, 6.45) is -0.515. The third-order valence-corrected chi connectivity index (χ3v) is 5.69. The van der Waals surface area contributed by atoms with E-state index in [-0.39, 0.29) is 23.8 Å². The number of hydrogen-bond donors (Lipinski definition) is 0. The van der Waals surface area contributed by atoms with Gasteiger partial charge in [0.05, 0.1) is 5.56 Å². The van der Waals surface area contributed by atoms with E-state index in [1.54, 1.807) is 12.1 Å². The molecule has 1 radical (unpaired) electrons. The Morgan fingerprint density at radius 1 is 0.800 bits per heavy atom. The zero-order chi connectivity index (χ0) is 25.8. The highest BCUT2D eigenvalue weighted by Crippen LogP contribution is 2.43. The van der Waals surface area contributed by atoms with E-state index in [1.807, 2.05) is 13.8 Å². The third-order valence-electron chi connectivity index (χ3n) is 5.69. The number of unbranched alkanes of at least 4 members (excludes halogenated alkanes) is 2. The Morgan fingerprint density at radius 3 is 2.06 bits per heavy atom. The molecule has 0 fully saturated rings. The van der Waals surface area contributed by atoms with Crippen molar-refractivity contribution in [3.8, 4) is 22.6 Å². The number of alkyl halides is 2. The molecule has 0 aliphatic carbocycles. The van der Waals surface area contributed by atoms with Crippen molar-refractivity contribution in [1.29, 1.82) is 0 Å². The van der Waals surface area contributed by atoms with E-state index < -0.39 is 51.8 Å². The van der Waals surface area contributed by atoms with Gasteiger partial charge in [-0.2, -0.15) is 8.78 Å². The van der Waals surface area contributed by atoms with Gasteiger partial charge >= 0.3 is 6.11 Å². The molecule has 3 aromatic carbocycles. The molecule has 0 aliphatic rings. The van der Waals surface area contributed by atoms with Crippen LogP contribution >= 0.6 is 0 Å².